The molecule has 5 nitrogen and oxygen atoms in total. The Hall–Kier alpha value is -1.10. The third kappa shape index (κ3) is 11.4. The maximum absolute atomic E-state index is 11.4. The van der Waals surface area contributed by atoms with E-state index in [0.717, 1.165) is 32.1 Å². The molecule has 0 aliphatic heterocycles. The summed E-state index contributed by atoms with van der Waals surface area (Å²) in [4.78, 5) is 21.7. The fraction of sp³-hybridized carbons (Fsp3) is 0.846. The van der Waals surface area contributed by atoms with Crippen molar-refractivity contribution in [3.05, 3.63) is 0 Å². The van der Waals surface area contributed by atoms with Crippen molar-refractivity contribution in [2.24, 2.45) is 11.7 Å². The van der Waals surface area contributed by atoms with Gasteiger partial charge in [-0.3, -0.25) is 9.59 Å². The Balaban J connectivity index is 3.27. The third-order valence-corrected chi connectivity index (χ3v) is 2.91. The molecule has 4 N–H and O–H groups in total. The van der Waals surface area contributed by atoms with Gasteiger partial charge in [-0.1, -0.05) is 19.8 Å². The molecule has 0 spiro atoms. The Kier molecular flexibility index (Phi) is 10.3. The summed E-state index contributed by atoms with van der Waals surface area (Å²) in [6.07, 6.45) is 5.12. The quantitative estimate of drug-likeness (QED) is 0.490. The highest BCUT2D eigenvalue weighted by Gasteiger charge is 2.04. The first-order valence-electron chi connectivity index (χ1n) is 6.74. The van der Waals surface area contributed by atoms with Gasteiger partial charge in [-0.25, -0.2) is 0 Å². The lowest BCUT2D eigenvalue weighted by molar-refractivity contribution is -0.137. The van der Waals surface area contributed by atoms with E-state index in [1.165, 1.54) is 0 Å². The molecule has 1 unspecified atom stereocenters. The summed E-state index contributed by atoms with van der Waals surface area (Å²) in [7, 11) is 0. The fourth-order valence-electron chi connectivity index (χ4n) is 1.57. The van der Waals surface area contributed by atoms with Crippen molar-refractivity contribution in [1.82, 2.24) is 5.32 Å². The maximum Gasteiger partial charge on any atom is 0.303 e. The summed E-state index contributed by atoms with van der Waals surface area (Å²) in [5.41, 5.74) is 5.47. The fourth-order valence-corrected chi connectivity index (χ4v) is 1.57. The lowest BCUT2D eigenvalue weighted by Gasteiger charge is -2.08. The van der Waals surface area contributed by atoms with Gasteiger partial charge in [-0.05, 0) is 31.7 Å². The molecule has 0 aromatic heterocycles. The van der Waals surface area contributed by atoms with Gasteiger partial charge >= 0.3 is 5.97 Å². The van der Waals surface area contributed by atoms with Crippen LogP contribution in [0.5, 0.6) is 0 Å². The first-order valence-corrected chi connectivity index (χ1v) is 6.74. The first kappa shape index (κ1) is 16.9. The summed E-state index contributed by atoms with van der Waals surface area (Å²) < 4.78 is 0. The SMILES string of the molecule is CC(CN)CCC(=O)NCCCCCCC(=O)O. The molecule has 0 fully saturated rings. The molecule has 1 amide bonds. The zero-order chi connectivity index (χ0) is 13.8. The van der Waals surface area contributed by atoms with Gasteiger partial charge in [0.1, 0.15) is 0 Å². The van der Waals surface area contributed by atoms with Crippen molar-refractivity contribution in [1.29, 1.82) is 0 Å². The molecule has 106 valence electrons. The number of aliphatic carboxylic acids is 1. The molecule has 0 saturated carbocycles. The average molecular weight is 258 g/mol. The van der Waals surface area contributed by atoms with E-state index in [4.69, 9.17) is 10.8 Å². The molecular formula is C13H26N2O3. The van der Waals surface area contributed by atoms with Crippen molar-refractivity contribution in [2.45, 2.75) is 51.9 Å². The number of nitrogens with two attached hydrogens (primary N) is 1. The summed E-state index contributed by atoms with van der Waals surface area (Å²) in [6, 6.07) is 0. The van der Waals surface area contributed by atoms with Crippen molar-refractivity contribution in [3.8, 4) is 0 Å². The van der Waals surface area contributed by atoms with E-state index in [1.54, 1.807) is 0 Å². The van der Waals surface area contributed by atoms with E-state index in [-0.39, 0.29) is 12.3 Å². The Morgan fingerprint density at radius 1 is 1.17 bits per heavy atom. The number of amides is 1. The van der Waals surface area contributed by atoms with Crippen LogP contribution in [0.4, 0.5) is 0 Å². The molecule has 0 heterocycles. The smallest absolute Gasteiger partial charge is 0.303 e. The van der Waals surface area contributed by atoms with E-state index in [0.29, 0.717) is 25.4 Å². The molecule has 5 heteroatoms. The second-order valence-corrected chi connectivity index (χ2v) is 4.79. The Bertz CT molecular complexity index is 244. The van der Waals surface area contributed by atoms with Crippen LogP contribution in [0.2, 0.25) is 0 Å². The van der Waals surface area contributed by atoms with Crippen LogP contribution in [0.3, 0.4) is 0 Å². The van der Waals surface area contributed by atoms with Crippen molar-refractivity contribution >= 4 is 11.9 Å². The van der Waals surface area contributed by atoms with Crippen molar-refractivity contribution in [2.75, 3.05) is 13.1 Å². The minimum absolute atomic E-state index is 0.0841. The predicted molar refractivity (Wildman–Crippen MR) is 71.2 cm³/mol. The van der Waals surface area contributed by atoms with E-state index >= 15 is 0 Å². The number of hydrogen-bond acceptors (Lipinski definition) is 3. The standard InChI is InChI=1S/C13H26N2O3/c1-11(10-14)7-8-12(16)15-9-5-3-2-4-6-13(17)18/h11H,2-10,14H2,1H3,(H,15,16)(H,17,18). The van der Waals surface area contributed by atoms with Crippen LogP contribution in [-0.2, 0) is 9.59 Å². The zero-order valence-electron chi connectivity index (χ0n) is 11.3. The Labute approximate surface area is 109 Å². The highest BCUT2D eigenvalue weighted by atomic mass is 16.4. The molecule has 0 rings (SSSR count). The Morgan fingerprint density at radius 3 is 2.44 bits per heavy atom. The van der Waals surface area contributed by atoms with Gasteiger partial charge in [0.25, 0.3) is 0 Å². The Morgan fingerprint density at radius 2 is 1.83 bits per heavy atom. The normalized spacial score (nSPS) is 12.1. The molecule has 0 aliphatic carbocycles. The summed E-state index contributed by atoms with van der Waals surface area (Å²) >= 11 is 0. The minimum Gasteiger partial charge on any atom is -0.481 e. The number of carbonyl (C=O) groups excluding carboxylic acids is 1. The van der Waals surface area contributed by atoms with Crippen LogP contribution in [0.15, 0.2) is 0 Å². The second kappa shape index (κ2) is 11.0. The second-order valence-electron chi connectivity index (χ2n) is 4.79. The van der Waals surface area contributed by atoms with Crippen LogP contribution in [0.25, 0.3) is 0 Å². The number of nitrogens with one attached hydrogen (secondary N) is 1. The van der Waals surface area contributed by atoms with Gasteiger partial charge in [0, 0.05) is 19.4 Å². The van der Waals surface area contributed by atoms with Crippen LogP contribution < -0.4 is 11.1 Å². The maximum atomic E-state index is 11.4. The molecular weight excluding hydrogens is 232 g/mol. The number of unbranched alkanes of at least 4 members (excludes halogenated alkanes) is 3. The molecule has 0 aromatic carbocycles. The zero-order valence-corrected chi connectivity index (χ0v) is 11.3. The number of carbonyl (C=O) groups is 2. The van der Waals surface area contributed by atoms with Gasteiger partial charge in [-0.2, -0.15) is 0 Å². The molecule has 0 aromatic rings. The highest BCUT2D eigenvalue weighted by Crippen LogP contribution is 2.04. The van der Waals surface area contributed by atoms with E-state index < -0.39 is 5.97 Å². The summed E-state index contributed by atoms with van der Waals surface area (Å²) in [6.45, 7) is 3.34. The average Bonchev–Trinajstić information content (AvgIpc) is 2.34. The monoisotopic (exact) mass is 258 g/mol. The van der Waals surface area contributed by atoms with Crippen LogP contribution >= 0.6 is 0 Å². The lowest BCUT2D eigenvalue weighted by atomic mass is 10.1. The predicted octanol–water partition coefficient (Wildman–Crippen LogP) is 1.51. The summed E-state index contributed by atoms with van der Waals surface area (Å²) in [5, 5.41) is 11.3. The van der Waals surface area contributed by atoms with E-state index in [2.05, 4.69) is 5.32 Å². The number of carboxylic acids is 1. The van der Waals surface area contributed by atoms with E-state index in [1.807, 2.05) is 6.92 Å². The third-order valence-electron chi connectivity index (χ3n) is 2.91. The highest BCUT2D eigenvalue weighted by molar-refractivity contribution is 5.75. The van der Waals surface area contributed by atoms with Gasteiger partial charge in [-0.15, -0.1) is 0 Å². The molecule has 0 saturated heterocycles. The summed E-state index contributed by atoms with van der Waals surface area (Å²) in [5.74, 6) is -0.259. The van der Waals surface area contributed by atoms with Gasteiger partial charge in [0.15, 0.2) is 0 Å². The molecule has 0 radical (unpaired) electrons. The molecule has 0 aliphatic rings. The molecule has 0 bridgehead atoms. The van der Waals surface area contributed by atoms with Crippen molar-refractivity contribution < 1.29 is 14.7 Å². The van der Waals surface area contributed by atoms with Gasteiger partial charge in [0.05, 0.1) is 0 Å². The lowest BCUT2D eigenvalue weighted by Crippen LogP contribution is -2.25. The topological polar surface area (TPSA) is 92.4 Å². The number of rotatable bonds is 11. The van der Waals surface area contributed by atoms with Gasteiger partial charge in [0.2, 0.25) is 5.91 Å². The van der Waals surface area contributed by atoms with Gasteiger partial charge < -0.3 is 16.2 Å². The molecule has 1 atom stereocenters. The number of hydrogen-bond donors (Lipinski definition) is 3. The van der Waals surface area contributed by atoms with Crippen LogP contribution in [0, 0.1) is 5.92 Å². The van der Waals surface area contributed by atoms with Crippen LogP contribution in [-0.4, -0.2) is 30.1 Å². The number of carboxylic acid groups (broad SMARTS) is 1. The molecule has 18 heavy (non-hydrogen) atoms. The first-order chi connectivity index (χ1) is 8.56. The van der Waals surface area contributed by atoms with E-state index in [9.17, 15) is 9.59 Å². The largest absolute Gasteiger partial charge is 0.481 e. The van der Waals surface area contributed by atoms with Crippen LogP contribution in [0.1, 0.15) is 51.9 Å². The van der Waals surface area contributed by atoms with Crippen molar-refractivity contribution in [3.63, 3.8) is 0 Å². The minimum atomic E-state index is -0.739.